The van der Waals surface area contributed by atoms with Gasteiger partial charge in [-0.3, -0.25) is 0 Å². The van der Waals surface area contributed by atoms with Crippen LogP contribution >= 0.6 is 0 Å². The lowest BCUT2D eigenvalue weighted by Gasteiger charge is -2.49. The molecule has 13 heavy (non-hydrogen) atoms. The summed E-state index contributed by atoms with van der Waals surface area (Å²) in [6.45, 7) is 12.9. The van der Waals surface area contributed by atoms with E-state index in [9.17, 15) is 0 Å². The molecule has 0 aliphatic carbocycles. The number of hydrogen-bond donors (Lipinski definition) is 1. The lowest BCUT2D eigenvalue weighted by molar-refractivity contribution is 0.0345. The fraction of sp³-hybridized carbons (Fsp3) is 0.818. The Labute approximate surface area is 81.8 Å². The van der Waals surface area contributed by atoms with Crippen LogP contribution in [0.5, 0.6) is 0 Å². The molecule has 1 aliphatic heterocycles. The van der Waals surface area contributed by atoms with E-state index in [1.54, 1.807) is 0 Å². The molecule has 1 fully saturated rings. The third-order valence-electron chi connectivity index (χ3n) is 3.43. The SMILES string of the molecule is C=C(C)N1C(N)CCC(C)(C)C1C. The van der Waals surface area contributed by atoms with E-state index in [-0.39, 0.29) is 6.17 Å². The Morgan fingerprint density at radius 3 is 2.46 bits per heavy atom. The third kappa shape index (κ3) is 1.88. The second-order valence-electron chi connectivity index (χ2n) is 4.91. The Morgan fingerprint density at radius 1 is 1.54 bits per heavy atom. The number of nitrogens with zero attached hydrogens (tertiary/aromatic N) is 1. The van der Waals surface area contributed by atoms with Gasteiger partial charge in [0.05, 0.1) is 6.17 Å². The minimum Gasteiger partial charge on any atom is -0.357 e. The molecule has 0 bridgehead atoms. The highest BCUT2D eigenvalue weighted by Gasteiger charge is 2.37. The predicted octanol–water partition coefficient (Wildman–Crippen LogP) is 2.32. The molecule has 0 amide bonds. The van der Waals surface area contributed by atoms with Crippen LogP contribution in [0.15, 0.2) is 12.3 Å². The number of nitrogens with two attached hydrogens (primary N) is 1. The van der Waals surface area contributed by atoms with Crippen LogP contribution in [0.2, 0.25) is 0 Å². The van der Waals surface area contributed by atoms with E-state index in [0.29, 0.717) is 11.5 Å². The molecule has 2 atom stereocenters. The van der Waals surface area contributed by atoms with Crippen LogP contribution in [0.3, 0.4) is 0 Å². The first kappa shape index (κ1) is 10.6. The van der Waals surface area contributed by atoms with Gasteiger partial charge in [-0.2, -0.15) is 0 Å². The summed E-state index contributed by atoms with van der Waals surface area (Å²) in [6, 6.07) is 0.494. The van der Waals surface area contributed by atoms with Crippen molar-refractivity contribution in [1.82, 2.24) is 4.90 Å². The highest BCUT2D eigenvalue weighted by atomic mass is 15.3. The third-order valence-corrected chi connectivity index (χ3v) is 3.43. The Kier molecular flexibility index (Phi) is 2.71. The average molecular weight is 182 g/mol. The summed E-state index contributed by atoms with van der Waals surface area (Å²) in [5.41, 5.74) is 7.50. The molecule has 1 heterocycles. The second kappa shape index (κ2) is 3.33. The zero-order valence-electron chi connectivity index (χ0n) is 9.30. The van der Waals surface area contributed by atoms with Crippen molar-refractivity contribution < 1.29 is 0 Å². The molecule has 76 valence electrons. The fourth-order valence-corrected chi connectivity index (χ4v) is 2.15. The Morgan fingerprint density at radius 2 is 2.08 bits per heavy atom. The van der Waals surface area contributed by atoms with E-state index in [1.165, 1.54) is 6.42 Å². The topological polar surface area (TPSA) is 29.3 Å². The Balaban J connectivity index is 2.85. The van der Waals surface area contributed by atoms with Crippen molar-refractivity contribution in [2.24, 2.45) is 11.1 Å². The van der Waals surface area contributed by atoms with Gasteiger partial charge >= 0.3 is 0 Å². The molecule has 2 N–H and O–H groups in total. The summed E-state index contributed by atoms with van der Waals surface area (Å²) in [6.07, 6.45) is 2.45. The highest BCUT2D eigenvalue weighted by molar-refractivity contribution is 5.01. The monoisotopic (exact) mass is 182 g/mol. The minimum atomic E-state index is 0.167. The van der Waals surface area contributed by atoms with Gasteiger partial charge in [-0.15, -0.1) is 0 Å². The molecule has 0 aromatic carbocycles. The molecule has 1 aliphatic rings. The maximum absolute atomic E-state index is 6.06. The van der Waals surface area contributed by atoms with Crippen LogP contribution in [0.4, 0.5) is 0 Å². The number of likely N-dealkylation sites (tertiary alicyclic amines) is 1. The van der Waals surface area contributed by atoms with E-state index in [0.717, 1.165) is 12.1 Å². The van der Waals surface area contributed by atoms with Gasteiger partial charge in [0.1, 0.15) is 0 Å². The zero-order valence-corrected chi connectivity index (χ0v) is 9.30. The number of hydrogen-bond acceptors (Lipinski definition) is 2. The molecule has 0 aromatic rings. The van der Waals surface area contributed by atoms with E-state index < -0.39 is 0 Å². The van der Waals surface area contributed by atoms with Crippen molar-refractivity contribution in [3.8, 4) is 0 Å². The summed E-state index contributed by atoms with van der Waals surface area (Å²) in [7, 11) is 0. The average Bonchev–Trinajstić information content (AvgIpc) is 1.98. The first-order chi connectivity index (χ1) is 5.86. The molecule has 0 radical (unpaired) electrons. The van der Waals surface area contributed by atoms with Crippen LogP contribution < -0.4 is 5.73 Å². The van der Waals surface area contributed by atoms with E-state index in [4.69, 9.17) is 5.73 Å². The van der Waals surface area contributed by atoms with Crippen LogP contribution in [-0.4, -0.2) is 17.1 Å². The first-order valence-electron chi connectivity index (χ1n) is 5.05. The molecular weight excluding hydrogens is 160 g/mol. The summed E-state index contributed by atoms with van der Waals surface area (Å²) in [4.78, 5) is 2.25. The van der Waals surface area contributed by atoms with Crippen molar-refractivity contribution in [3.05, 3.63) is 12.3 Å². The van der Waals surface area contributed by atoms with Crippen molar-refractivity contribution in [2.75, 3.05) is 0 Å². The van der Waals surface area contributed by atoms with Crippen LogP contribution in [0.25, 0.3) is 0 Å². The summed E-state index contributed by atoms with van der Waals surface area (Å²) >= 11 is 0. The van der Waals surface area contributed by atoms with E-state index >= 15 is 0 Å². The molecule has 0 saturated carbocycles. The number of piperidine rings is 1. The molecule has 1 saturated heterocycles. The normalized spacial score (nSPS) is 33.2. The quantitative estimate of drug-likeness (QED) is 0.674. The van der Waals surface area contributed by atoms with Crippen molar-refractivity contribution in [3.63, 3.8) is 0 Å². The predicted molar refractivity (Wildman–Crippen MR) is 57.1 cm³/mol. The fourth-order valence-electron chi connectivity index (χ4n) is 2.15. The molecule has 2 unspecified atom stereocenters. The highest BCUT2D eigenvalue weighted by Crippen LogP contribution is 2.37. The van der Waals surface area contributed by atoms with E-state index in [2.05, 4.69) is 32.3 Å². The summed E-state index contributed by atoms with van der Waals surface area (Å²) < 4.78 is 0. The van der Waals surface area contributed by atoms with Crippen LogP contribution in [-0.2, 0) is 0 Å². The lowest BCUT2D eigenvalue weighted by atomic mass is 9.76. The van der Waals surface area contributed by atoms with Crippen LogP contribution in [0.1, 0.15) is 40.5 Å². The van der Waals surface area contributed by atoms with Gasteiger partial charge in [-0.25, -0.2) is 0 Å². The molecule has 1 rings (SSSR count). The number of allylic oxidation sites excluding steroid dienone is 1. The molecule has 0 aromatic heterocycles. The van der Waals surface area contributed by atoms with Gasteiger partial charge in [-0.1, -0.05) is 20.4 Å². The molecule has 2 nitrogen and oxygen atoms in total. The Bertz CT molecular complexity index is 208. The first-order valence-corrected chi connectivity index (χ1v) is 5.05. The minimum absolute atomic E-state index is 0.167. The van der Waals surface area contributed by atoms with Crippen molar-refractivity contribution in [1.29, 1.82) is 0 Å². The maximum Gasteiger partial charge on any atom is 0.0770 e. The van der Waals surface area contributed by atoms with Gasteiger partial charge in [0, 0.05) is 11.7 Å². The number of rotatable bonds is 1. The van der Waals surface area contributed by atoms with Crippen molar-refractivity contribution in [2.45, 2.75) is 52.7 Å². The summed E-state index contributed by atoms with van der Waals surface area (Å²) in [5, 5.41) is 0. The molecule has 0 spiro atoms. The lowest BCUT2D eigenvalue weighted by Crippen LogP contribution is -2.55. The zero-order chi connectivity index (χ0) is 10.2. The standard InChI is InChI=1S/C11H22N2/c1-8(2)13-9(3)11(4,5)7-6-10(13)12/h9-10H,1,6-7,12H2,2-5H3. The molecular formula is C11H22N2. The van der Waals surface area contributed by atoms with Gasteiger partial charge in [0.2, 0.25) is 0 Å². The molecule has 2 heteroatoms. The van der Waals surface area contributed by atoms with Gasteiger partial charge in [0.25, 0.3) is 0 Å². The summed E-state index contributed by atoms with van der Waals surface area (Å²) in [5.74, 6) is 0. The smallest absolute Gasteiger partial charge is 0.0770 e. The largest absolute Gasteiger partial charge is 0.357 e. The van der Waals surface area contributed by atoms with Crippen molar-refractivity contribution >= 4 is 0 Å². The van der Waals surface area contributed by atoms with Gasteiger partial charge in [-0.05, 0) is 32.1 Å². The second-order valence-corrected chi connectivity index (χ2v) is 4.91. The van der Waals surface area contributed by atoms with Crippen LogP contribution in [0, 0.1) is 5.41 Å². The van der Waals surface area contributed by atoms with E-state index in [1.807, 2.05) is 6.92 Å². The Hall–Kier alpha value is -0.500. The van der Waals surface area contributed by atoms with Gasteiger partial charge in [0.15, 0.2) is 0 Å². The maximum atomic E-state index is 6.06. The van der Waals surface area contributed by atoms with Gasteiger partial charge < -0.3 is 10.6 Å².